The molecule has 2 bridgehead atoms. The van der Waals surface area contributed by atoms with Gasteiger partial charge in [0.05, 0.1) is 47.6 Å². The van der Waals surface area contributed by atoms with E-state index >= 15 is 0 Å². The van der Waals surface area contributed by atoms with Crippen LogP contribution < -0.4 is 10.3 Å². The first-order valence-corrected chi connectivity index (χ1v) is 14.1. The molecule has 208 valence electrons. The lowest BCUT2D eigenvalue weighted by molar-refractivity contribution is -0.159. The molecule has 2 aliphatic heterocycles. The van der Waals surface area contributed by atoms with E-state index in [-0.39, 0.29) is 34.9 Å². The molecule has 41 heavy (non-hydrogen) atoms. The van der Waals surface area contributed by atoms with Crippen molar-refractivity contribution in [3.05, 3.63) is 99.0 Å². The van der Waals surface area contributed by atoms with Crippen molar-refractivity contribution in [1.29, 1.82) is 0 Å². The minimum Gasteiger partial charge on any atom is -0.347 e. The Kier molecular flexibility index (Phi) is 6.10. The van der Waals surface area contributed by atoms with Gasteiger partial charge in [-0.1, -0.05) is 71.7 Å². The fraction of sp³-hybridized carbons (Fsp3) is 0.290. The van der Waals surface area contributed by atoms with Gasteiger partial charge in [-0.3, -0.25) is 14.4 Å². The van der Waals surface area contributed by atoms with Gasteiger partial charge in [0, 0.05) is 17.2 Å². The average molecular weight is 590 g/mol. The summed E-state index contributed by atoms with van der Waals surface area (Å²) in [5, 5.41) is 5.03. The first-order chi connectivity index (χ1) is 19.7. The van der Waals surface area contributed by atoms with E-state index in [4.69, 9.17) is 32.7 Å². The van der Waals surface area contributed by atoms with Crippen LogP contribution in [-0.4, -0.2) is 42.9 Å². The summed E-state index contributed by atoms with van der Waals surface area (Å²) in [4.78, 5) is 42.7. The van der Waals surface area contributed by atoms with Gasteiger partial charge >= 0.3 is 0 Å². The van der Waals surface area contributed by atoms with Crippen LogP contribution in [0.3, 0.4) is 0 Å². The third kappa shape index (κ3) is 3.82. The van der Waals surface area contributed by atoms with Crippen molar-refractivity contribution in [3.8, 4) is 0 Å². The molecular formula is C31H25Cl2N3O5. The van der Waals surface area contributed by atoms with Crippen LogP contribution in [-0.2, 0) is 29.3 Å². The number of benzene rings is 3. The predicted molar refractivity (Wildman–Crippen MR) is 153 cm³/mol. The van der Waals surface area contributed by atoms with E-state index in [1.165, 1.54) is 11.0 Å². The van der Waals surface area contributed by atoms with E-state index in [2.05, 4.69) is 10.5 Å². The summed E-state index contributed by atoms with van der Waals surface area (Å²) in [6.45, 7) is 2.54. The van der Waals surface area contributed by atoms with E-state index in [1.54, 1.807) is 25.3 Å². The number of hydrogen-bond acceptors (Lipinski definition) is 6. The van der Waals surface area contributed by atoms with Crippen LogP contribution >= 0.6 is 23.2 Å². The topological polar surface area (TPSA) is 97.3 Å². The summed E-state index contributed by atoms with van der Waals surface area (Å²) in [6, 6.07) is 20.3. The molecule has 3 aromatic carbocycles. The van der Waals surface area contributed by atoms with E-state index in [1.807, 2.05) is 48.5 Å². The van der Waals surface area contributed by atoms with Gasteiger partial charge in [-0.05, 0) is 47.4 Å². The Morgan fingerprint density at radius 2 is 1.63 bits per heavy atom. The molecular weight excluding hydrogens is 565 g/mol. The van der Waals surface area contributed by atoms with E-state index in [0.29, 0.717) is 18.2 Å². The molecule has 8 nitrogen and oxygen atoms in total. The molecule has 3 aliphatic carbocycles. The van der Waals surface area contributed by atoms with Crippen LogP contribution in [0, 0.1) is 11.8 Å². The first-order valence-electron chi connectivity index (χ1n) is 13.4. The largest absolute Gasteiger partial charge is 0.347 e. The minimum absolute atomic E-state index is 0.0428. The number of nitrogens with one attached hydrogen (secondary N) is 1. The Morgan fingerprint density at radius 1 is 1.00 bits per heavy atom. The zero-order valence-corrected chi connectivity index (χ0v) is 23.5. The van der Waals surface area contributed by atoms with Crippen molar-refractivity contribution in [1.82, 2.24) is 5.43 Å². The summed E-state index contributed by atoms with van der Waals surface area (Å²) >= 11 is 12.6. The second kappa shape index (κ2) is 9.49. The zero-order valence-electron chi connectivity index (χ0n) is 22.0. The van der Waals surface area contributed by atoms with Gasteiger partial charge < -0.3 is 9.47 Å². The number of carbonyl (C=O) groups excluding carboxylic acids is 3. The normalized spacial score (nSPS) is 27.2. The van der Waals surface area contributed by atoms with Crippen LogP contribution in [0.4, 0.5) is 5.69 Å². The number of hydrazone groups is 1. The fourth-order valence-corrected chi connectivity index (χ4v) is 7.64. The first kappa shape index (κ1) is 26.3. The number of halogens is 2. The molecule has 0 spiro atoms. The van der Waals surface area contributed by atoms with Gasteiger partial charge in [0.25, 0.3) is 0 Å². The van der Waals surface area contributed by atoms with Gasteiger partial charge in [0.1, 0.15) is 0 Å². The molecule has 0 saturated carbocycles. The fourth-order valence-electron chi connectivity index (χ4n) is 7.15. The Hall–Kier alpha value is -3.56. The molecule has 2 fully saturated rings. The van der Waals surface area contributed by atoms with Gasteiger partial charge in [-0.15, -0.1) is 0 Å². The zero-order chi connectivity index (χ0) is 28.5. The second-order valence-electron chi connectivity index (χ2n) is 10.9. The highest BCUT2D eigenvalue weighted by Gasteiger charge is 2.68. The third-order valence-corrected chi connectivity index (χ3v) is 9.21. The van der Waals surface area contributed by atoms with Crippen molar-refractivity contribution >= 4 is 52.8 Å². The monoisotopic (exact) mass is 589 g/mol. The highest BCUT2D eigenvalue weighted by Crippen LogP contribution is 2.63. The quantitative estimate of drug-likeness (QED) is 0.262. The van der Waals surface area contributed by atoms with Gasteiger partial charge in [-0.25, -0.2) is 10.3 Å². The molecule has 5 aliphatic rings. The number of rotatable bonds is 5. The maximum absolute atomic E-state index is 14.4. The summed E-state index contributed by atoms with van der Waals surface area (Å²) < 4.78 is 11.1. The highest BCUT2D eigenvalue weighted by molar-refractivity contribution is 6.38. The summed E-state index contributed by atoms with van der Waals surface area (Å²) in [6.07, 6.45) is 1.57. The number of amides is 3. The van der Waals surface area contributed by atoms with Crippen molar-refractivity contribution in [2.45, 2.75) is 30.5 Å². The predicted octanol–water partition coefficient (Wildman–Crippen LogP) is 4.80. The molecule has 2 unspecified atom stereocenters. The maximum atomic E-state index is 14.4. The molecule has 0 radical (unpaired) electrons. The minimum atomic E-state index is -1.12. The Labute approximate surface area is 246 Å². The SMILES string of the molecule is CC1(CC(=O)N/N=C/C23c4ccccc4C(c4ccccc42)C2C(=O)N(c4ccc(Cl)cc4Cl)C(=O)C23)OCCO1. The summed E-state index contributed by atoms with van der Waals surface area (Å²) in [7, 11) is 0. The van der Waals surface area contributed by atoms with Crippen LogP contribution in [0.1, 0.15) is 41.5 Å². The highest BCUT2D eigenvalue weighted by atomic mass is 35.5. The van der Waals surface area contributed by atoms with Gasteiger partial charge in [-0.2, -0.15) is 5.10 Å². The molecule has 2 atom stereocenters. The maximum Gasteiger partial charge on any atom is 0.245 e. The van der Waals surface area contributed by atoms with E-state index in [9.17, 15) is 14.4 Å². The average Bonchev–Trinajstić information content (AvgIpc) is 3.50. The Bertz CT molecular complexity index is 1600. The number of ether oxygens (including phenoxy) is 2. The smallest absolute Gasteiger partial charge is 0.245 e. The van der Waals surface area contributed by atoms with Crippen LogP contribution in [0.15, 0.2) is 71.8 Å². The summed E-state index contributed by atoms with van der Waals surface area (Å²) in [5.41, 5.74) is 5.44. The van der Waals surface area contributed by atoms with Crippen LogP contribution in [0.2, 0.25) is 10.0 Å². The van der Waals surface area contributed by atoms with Gasteiger partial charge in [0.15, 0.2) is 5.79 Å². The van der Waals surface area contributed by atoms with E-state index < -0.39 is 28.9 Å². The van der Waals surface area contributed by atoms with E-state index in [0.717, 1.165) is 22.3 Å². The molecule has 0 aromatic heterocycles. The van der Waals surface area contributed by atoms with Gasteiger partial charge in [0.2, 0.25) is 17.7 Å². The lowest BCUT2D eigenvalue weighted by Gasteiger charge is -2.52. The standard InChI is InChI=1S/C31H25Cl2N3O5/c1-30(40-12-13-41-30)15-24(37)35-34-16-31-20-8-4-2-6-18(20)25(19-7-3-5-9-21(19)31)26-27(31)29(39)36(28(26)38)23-11-10-17(32)14-22(23)33/h2-11,14,16,25-27H,12-13,15H2,1H3,(H,35,37)/b34-16+. The molecule has 2 heterocycles. The number of hydrogen-bond donors (Lipinski definition) is 1. The Morgan fingerprint density at radius 3 is 2.27 bits per heavy atom. The van der Waals surface area contributed by atoms with Crippen molar-refractivity contribution < 1.29 is 23.9 Å². The lowest BCUT2D eigenvalue weighted by Crippen LogP contribution is -2.54. The molecule has 8 rings (SSSR count). The van der Waals surface area contributed by atoms with Crippen LogP contribution in [0.25, 0.3) is 0 Å². The molecule has 10 heteroatoms. The summed E-state index contributed by atoms with van der Waals surface area (Å²) in [5.74, 6) is -3.96. The Balaban J connectivity index is 1.36. The number of nitrogens with zero attached hydrogens (tertiary/aromatic N) is 2. The molecule has 3 aromatic rings. The third-order valence-electron chi connectivity index (χ3n) is 8.67. The molecule has 3 amide bonds. The van der Waals surface area contributed by atoms with Crippen molar-refractivity contribution in [3.63, 3.8) is 0 Å². The van der Waals surface area contributed by atoms with Crippen LogP contribution in [0.5, 0.6) is 0 Å². The second-order valence-corrected chi connectivity index (χ2v) is 11.8. The van der Waals surface area contributed by atoms with Crippen molar-refractivity contribution in [2.75, 3.05) is 18.1 Å². The molecule has 1 N–H and O–H groups in total. The lowest BCUT2D eigenvalue weighted by atomic mass is 9.47. The number of anilines is 1. The number of carbonyl (C=O) groups is 3. The number of imide groups is 1. The van der Waals surface area contributed by atoms with Crippen molar-refractivity contribution in [2.24, 2.45) is 16.9 Å². The molecule has 2 saturated heterocycles.